The molecule has 1 heterocycles. The SMILES string of the molecule is CNCCCS(=O)(=O)N(C)Cc1cccs1. The van der Waals surface area contributed by atoms with Crippen LogP contribution in [-0.2, 0) is 16.6 Å². The fourth-order valence-electron chi connectivity index (χ4n) is 1.31. The van der Waals surface area contributed by atoms with Crippen LogP contribution >= 0.6 is 11.3 Å². The Morgan fingerprint density at radius 1 is 1.50 bits per heavy atom. The van der Waals surface area contributed by atoms with E-state index in [0.29, 0.717) is 13.0 Å². The van der Waals surface area contributed by atoms with Crippen molar-refractivity contribution < 1.29 is 8.42 Å². The first-order chi connectivity index (χ1) is 7.56. The summed E-state index contributed by atoms with van der Waals surface area (Å²) in [4.78, 5) is 1.07. The molecule has 1 rings (SSSR count). The lowest BCUT2D eigenvalue weighted by Gasteiger charge is -2.16. The normalized spacial score (nSPS) is 12.2. The van der Waals surface area contributed by atoms with Crippen molar-refractivity contribution >= 4 is 21.4 Å². The fraction of sp³-hybridized carbons (Fsp3) is 0.600. The Kier molecular flexibility index (Phi) is 5.40. The zero-order valence-corrected chi connectivity index (χ0v) is 11.3. The standard InChI is InChI=1S/C10H18N2O2S2/c1-11-6-4-8-16(13,14)12(2)9-10-5-3-7-15-10/h3,5,7,11H,4,6,8-9H2,1-2H3. The van der Waals surface area contributed by atoms with E-state index in [-0.39, 0.29) is 5.75 Å². The molecule has 0 aliphatic rings. The molecule has 1 aromatic rings. The van der Waals surface area contributed by atoms with E-state index in [1.54, 1.807) is 18.4 Å². The summed E-state index contributed by atoms with van der Waals surface area (Å²) >= 11 is 1.58. The maximum atomic E-state index is 11.8. The Balaban J connectivity index is 2.48. The molecular formula is C10H18N2O2S2. The van der Waals surface area contributed by atoms with Crippen LogP contribution in [0.5, 0.6) is 0 Å². The molecule has 0 aliphatic heterocycles. The van der Waals surface area contributed by atoms with Crippen LogP contribution in [0.4, 0.5) is 0 Å². The summed E-state index contributed by atoms with van der Waals surface area (Å²) in [7, 11) is 0.346. The highest BCUT2D eigenvalue weighted by Crippen LogP contribution is 2.13. The van der Waals surface area contributed by atoms with Crippen molar-refractivity contribution in [3.05, 3.63) is 22.4 Å². The zero-order chi connectivity index (χ0) is 12.0. The van der Waals surface area contributed by atoms with Crippen LogP contribution in [0.3, 0.4) is 0 Å². The number of hydrogen-bond acceptors (Lipinski definition) is 4. The van der Waals surface area contributed by atoms with E-state index in [0.717, 1.165) is 11.4 Å². The molecular weight excluding hydrogens is 244 g/mol. The quantitative estimate of drug-likeness (QED) is 0.749. The summed E-state index contributed by atoms with van der Waals surface area (Å²) in [5, 5.41) is 4.90. The number of hydrogen-bond donors (Lipinski definition) is 1. The maximum absolute atomic E-state index is 11.8. The highest BCUT2D eigenvalue weighted by molar-refractivity contribution is 7.89. The lowest BCUT2D eigenvalue weighted by molar-refractivity contribution is 0.468. The topological polar surface area (TPSA) is 49.4 Å². The Hall–Kier alpha value is -0.430. The minimum absolute atomic E-state index is 0.204. The van der Waals surface area contributed by atoms with E-state index in [1.165, 1.54) is 4.31 Å². The molecule has 6 heteroatoms. The highest BCUT2D eigenvalue weighted by Gasteiger charge is 2.17. The van der Waals surface area contributed by atoms with Gasteiger partial charge in [0.05, 0.1) is 5.75 Å². The smallest absolute Gasteiger partial charge is 0.214 e. The second-order valence-electron chi connectivity index (χ2n) is 3.61. The van der Waals surface area contributed by atoms with Crippen LogP contribution in [0, 0.1) is 0 Å². The number of thiophene rings is 1. The molecule has 16 heavy (non-hydrogen) atoms. The van der Waals surface area contributed by atoms with Gasteiger partial charge in [0, 0.05) is 18.5 Å². The molecule has 0 fully saturated rings. The van der Waals surface area contributed by atoms with Crippen molar-refractivity contribution in [3.63, 3.8) is 0 Å². The molecule has 4 nitrogen and oxygen atoms in total. The molecule has 1 N–H and O–H groups in total. The summed E-state index contributed by atoms with van der Waals surface area (Å²) in [5.41, 5.74) is 0. The average molecular weight is 262 g/mol. The van der Waals surface area contributed by atoms with Crippen LogP contribution in [0.1, 0.15) is 11.3 Å². The molecule has 0 aliphatic carbocycles. The molecule has 0 unspecified atom stereocenters. The van der Waals surface area contributed by atoms with Crippen molar-refractivity contribution in [3.8, 4) is 0 Å². The van der Waals surface area contributed by atoms with Crippen LogP contribution in [0.25, 0.3) is 0 Å². The van der Waals surface area contributed by atoms with Gasteiger partial charge in [0.25, 0.3) is 0 Å². The van der Waals surface area contributed by atoms with Crippen LogP contribution in [-0.4, -0.2) is 39.1 Å². The van der Waals surface area contributed by atoms with Gasteiger partial charge in [0.15, 0.2) is 0 Å². The molecule has 0 bridgehead atoms. The maximum Gasteiger partial charge on any atom is 0.214 e. The summed E-state index contributed by atoms with van der Waals surface area (Å²) < 4.78 is 25.1. The van der Waals surface area contributed by atoms with Crippen molar-refractivity contribution in [2.75, 3.05) is 26.4 Å². The van der Waals surface area contributed by atoms with Gasteiger partial charge in [-0.1, -0.05) is 6.07 Å². The van der Waals surface area contributed by atoms with Gasteiger partial charge < -0.3 is 5.32 Å². The van der Waals surface area contributed by atoms with E-state index in [1.807, 2.05) is 24.6 Å². The number of nitrogens with one attached hydrogen (secondary N) is 1. The summed E-state index contributed by atoms with van der Waals surface area (Å²) in [6, 6.07) is 3.88. The predicted molar refractivity (Wildman–Crippen MR) is 68.1 cm³/mol. The molecule has 0 amide bonds. The Bertz CT molecular complexity index is 387. The number of rotatable bonds is 7. The van der Waals surface area contributed by atoms with E-state index in [4.69, 9.17) is 0 Å². The number of sulfonamides is 1. The monoisotopic (exact) mass is 262 g/mol. The first kappa shape index (κ1) is 13.6. The van der Waals surface area contributed by atoms with Crippen molar-refractivity contribution in [2.24, 2.45) is 0 Å². The highest BCUT2D eigenvalue weighted by atomic mass is 32.2. The molecule has 0 radical (unpaired) electrons. The second kappa shape index (κ2) is 6.34. The number of nitrogens with zero attached hydrogens (tertiary/aromatic N) is 1. The third-order valence-electron chi connectivity index (χ3n) is 2.26. The van der Waals surface area contributed by atoms with Gasteiger partial charge >= 0.3 is 0 Å². The Labute approximate surface area is 101 Å². The van der Waals surface area contributed by atoms with Gasteiger partial charge in [-0.05, 0) is 31.5 Å². The summed E-state index contributed by atoms with van der Waals surface area (Å²) in [6.45, 7) is 1.20. The van der Waals surface area contributed by atoms with Gasteiger partial charge in [-0.15, -0.1) is 11.3 Å². The molecule has 0 saturated carbocycles. The summed E-state index contributed by atoms with van der Waals surface area (Å²) in [5.74, 6) is 0.204. The van der Waals surface area contributed by atoms with Gasteiger partial charge in [-0.2, -0.15) is 4.31 Å². The van der Waals surface area contributed by atoms with Crippen LogP contribution < -0.4 is 5.32 Å². The third kappa shape index (κ3) is 4.21. The van der Waals surface area contributed by atoms with Crippen LogP contribution in [0.15, 0.2) is 17.5 Å². The molecule has 0 aromatic carbocycles. The molecule has 1 aromatic heterocycles. The van der Waals surface area contributed by atoms with E-state index < -0.39 is 10.0 Å². The average Bonchev–Trinajstić information content (AvgIpc) is 2.70. The minimum atomic E-state index is -3.11. The lowest BCUT2D eigenvalue weighted by atomic mass is 10.5. The summed E-state index contributed by atoms with van der Waals surface area (Å²) in [6.07, 6.45) is 0.646. The first-order valence-electron chi connectivity index (χ1n) is 5.17. The molecule has 92 valence electrons. The van der Waals surface area contributed by atoms with Crippen molar-refractivity contribution in [2.45, 2.75) is 13.0 Å². The predicted octanol–water partition coefficient (Wildman–Crippen LogP) is 1.12. The van der Waals surface area contributed by atoms with Gasteiger partial charge in [-0.3, -0.25) is 0 Å². The Morgan fingerprint density at radius 3 is 2.81 bits per heavy atom. The van der Waals surface area contributed by atoms with Crippen LogP contribution in [0.2, 0.25) is 0 Å². The first-order valence-corrected chi connectivity index (χ1v) is 7.66. The van der Waals surface area contributed by atoms with E-state index >= 15 is 0 Å². The van der Waals surface area contributed by atoms with Gasteiger partial charge in [-0.25, -0.2) is 8.42 Å². The van der Waals surface area contributed by atoms with E-state index in [9.17, 15) is 8.42 Å². The second-order valence-corrected chi connectivity index (χ2v) is 6.84. The lowest BCUT2D eigenvalue weighted by Crippen LogP contribution is -2.29. The zero-order valence-electron chi connectivity index (χ0n) is 9.64. The third-order valence-corrected chi connectivity index (χ3v) is 5.01. The van der Waals surface area contributed by atoms with Gasteiger partial charge in [0.2, 0.25) is 10.0 Å². The molecule has 0 saturated heterocycles. The van der Waals surface area contributed by atoms with Crippen molar-refractivity contribution in [1.29, 1.82) is 0 Å². The Morgan fingerprint density at radius 2 is 2.25 bits per heavy atom. The molecule has 0 atom stereocenters. The van der Waals surface area contributed by atoms with Crippen molar-refractivity contribution in [1.82, 2.24) is 9.62 Å². The largest absolute Gasteiger partial charge is 0.320 e. The van der Waals surface area contributed by atoms with E-state index in [2.05, 4.69) is 5.32 Å². The van der Waals surface area contributed by atoms with Gasteiger partial charge in [0.1, 0.15) is 0 Å². The minimum Gasteiger partial charge on any atom is -0.320 e. The molecule has 0 spiro atoms. The fourth-order valence-corrected chi connectivity index (χ4v) is 3.30.